The number of anilines is 2. The van der Waals surface area contributed by atoms with E-state index in [2.05, 4.69) is 40.2 Å². The average Bonchev–Trinajstić information content (AvgIpc) is 3.19. The van der Waals surface area contributed by atoms with Crippen molar-refractivity contribution in [2.75, 3.05) is 23.7 Å². The molecule has 0 saturated carbocycles. The summed E-state index contributed by atoms with van der Waals surface area (Å²) in [6.45, 7) is 2.83. The monoisotopic (exact) mass is 437 g/mol. The van der Waals surface area contributed by atoms with Crippen molar-refractivity contribution in [3.05, 3.63) is 39.9 Å². The Balaban J connectivity index is 1.68. The Kier molecular flexibility index (Phi) is 4.31. The Bertz CT molecular complexity index is 990. The van der Waals surface area contributed by atoms with E-state index in [0.29, 0.717) is 37.5 Å². The van der Waals surface area contributed by atoms with Gasteiger partial charge in [-0.25, -0.2) is 14.4 Å². The van der Waals surface area contributed by atoms with Crippen LogP contribution in [0.15, 0.2) is 22.9 Å². The highest BCUT2D eigenvalue weighted by atomic mass is 79.9. The molecule has 136 valence electrons. The number of hydrogen-bond acceptors (Lipinski definition) is 6. The molecule has 3 aromatic rings. The Morgan fingerprint density at radius 2 is 2.19 bits per heavy atom. The average molecular weight is 438 g/mol. The maximum atomic E-state index is 14.2. The molecule has 4 heterocycles. The molecule has 1 saturated heterocycles. The fourth-order valence-corrected chi connectivity index (χ4v) is 4.00. The second-order valence-electron chi connectivity index (χ2n) is 6.52. The first-order valence-electron chi connectivity index (χ1n) is 8.17. The number of alkyl halides is 1. The van der Waals surface area contributed by atoms with Crippen molar-refractivity contribution in [2.24, 2.45) is 0 Å². The summed E-state index contributed by atoms with van der Waals surface area (Å²) in [5, 5.41) is 2.85. The highest BCUT2D eigenvalue weighted by molar-refractivity contribution is 9.10. The molecule has 0 bridgehead atoms. The van der Waals surface area contributed by atoms with Crippen molar-refractivity contribution < 1.29 is 4.39 Å². The number of aromatic nitrogens is 5. The van der Waals surface area contributed by atoms with Crippen LogP contribution in [0.3, 0.4) is 0 Å². The zero-order chi connectivity index (χ0) is 18.5. The van der Waals surface area contributed by atoms with E-state index in [1.54, 1.807) is 0 Å². The molecular formula is C16H18BrFN7P. The van der Waals surface area contributed by atoms with Crippen molar-refractivity contribution in [2.45, 2.75) is 25.2 Å². The number of fused-ring (bicyclic) bond motifs is 1. The molecule has 2 atom stereocenters. The highest BCUT2D eigenvalue weighted by Gasteiger charge is 2.35. The van der Waals surface area contributed by atoms with E-state index in [-0.39, 0.29) is 0 Å². The Hall–Kier alpha value is -1.86. The minimum atomic E-state index is -1.26. The van der Waals surface area contributed by atoms with Crippen molar-refractivity contribution in [1.29, 1.82) is 0 Å². The minimum absolute atomic E-state index is 0.306. The Morgan fingerprint density at radius 3 is 2.92 bits per heavy atom. The Morgan fingerprint density at radius 1 is 1.38 bits per heavy atom. The largest absolute Gasteiger partial charge is 0.383 e. The van der Waals surface area contributed by atoms with Crippen LogP contribution in [0.1, 0.15) is 23.4 Å². The van der Waals surface area contributed by atoms with E-state index in [1.165, 1.54) is 10.8 Å². The van der Waals surface area contributed by atoms with Gasteiger partial charge >= 0.3 is 0 Å². The lowest BCUT2D eigenvalue weighted by Crippen LogP contribution is -2.25. The number of hydrogen-bond donors (Lipinski definition) is 1. The van der Waals surface area contributed by atoms with Crippen LogP contribution in [0.25, 0.3) is 5.78 Å². The van der Waals surface area contributed by atoms with Crippen molar-refractivity contribution in [1.82, 2.24) is 24.6 Å². The molecule has 26 heavy (non-hydrogen) atoms. The van der Waals surface area contributed by atoms with E-state index in [0.717, 1.165) is 27.2 Å². The SMILES string of the molecule is Cc1nc2ncnn2c(N)c1Cc1ccc(Br)c(N2CCC(F)(P)C2)n1. The zero-order valence-corrected chi connectivity index (χ0v) is 16.9. The molecule has 2 N–H and O–H groups in total. The third kappa shape index (κ3) is 3.14. The first kappa shape index (κ1) is 17.5. The third-order valence-corrected chi connectivity index (χ3v) is 5.66. The van der Waals surface area contributed by atoms with Crippen LogP contribution >= 0.6 is 25.2 Å². The molecule has 2 unspecified atom stereocenters. The van der Waals surface area contributed by atoms with Crippen molar-refractivity contribution >= 4 is 42.6 Å². The smallest absolute Gasteiger partial charge is 0.254 e. The number of rotatable bonds is 3. The van der Waals surface area contributed by atoms with E-state index in [9.17, 15) is 4.39 Å². The summed E-state index contributed by atoms with van der Waals surface area (Å²) in [6.07, 6.45) is 2.41. The predicted molar refractivity (Wildman–Crippen MR) is 105 cm³/mol. The molecule has 3 aromatic heterocycles. The third-order valence-electron chi connectivity index (χ3n) is 4.57. The zero-order valence-electron chi connectivity index (χ0n) is 14.2. The highest BCUT2D eigenvalue weighted by Crippen LogP contribution is 2.36. The summed E-state index contributed by atoms with van der Waals surface area (Å²) in [6, 6.07) is 3.86. The van der Waals surface area contributed by atoms with Crippen molar-refractivity contribution in [3.63, 3.8) is 0 Å². The van der Waals surface area contributed by atoms with Gasteiger partial charge in [-0.1, -0.05) is 9.24 Å². The molecule has 0 spiro atoms. The first-order chi connectivity index (χ1) is 12.3. The molecule has 0 aromatic carbocycles. The van der Waals surface area contributed by atoms with Gasteiger partial charge < -0.3 is 10.6 Å². The van der Waals surface area contributed by atoms with Gasteiger partial charge in [-0.15, -0.1) is 0 Å². The van der Waals surface area contributed by atoms with Crippen LogP contribution < -0.4 is 10.6 Å². The molecule has 0 aliphatic carbocycles. The Labute approximate surface area is 160 Å². The van der Waals surface area contributed by atoms with Crippen LogP contribution in [-0.4, -0.2) is 43.1 Å². The van der Waals surface area contributed by atoms with Gasteiger partial charge in [-0.05, 0) is 35.0 Å². The van der Waals surface area contributed by atoms with Crippen LogP contribution in [0.4, 0.5) is 16.0 Å². The number of pyridine rings is 1. The summed E-state index contributed by atoms with van der Waals surface area (Å²) in [7, 11) is 2.30. The first-order valence-corrected chi connectivity index (χ1v) is 9.54. The van der Waals surface area contributed by atoms with Gasteiger partial charge in [0.15, 0.2) is 0 Å². The normalized spacial score (nSPS) is 20.2. The van der Waals surface area contributed by atoms with Gasteiger partial charge in [0.25, 0.3) is 5.78 Å². The van der Waals surface area contributed by atoms with E-state index >= 15 is 0 Å². The number of nitrogen functional groups attached to an aromatic ring is 1. The maximum absolute atomic E-state index is 14.2. The van der Waals surface area contributed by atoms with Gasteiger partial charge in [-0.2, -0.15) is 14.6 Å². The molecular weight excluding hydrogens is 420 g/mol. The molecule has 1 fully saturated rings. The lowest BCUT2D eigenvalue weighted by molar-refractivity contribution is 0.318. The summed E-state index contributed by atoms with van der Waals surface area (Å²) < 4.78 is 16.6. The number of nitrogens with two attached hydrogens (primary N) is 1. The molecule has 1 aliphatic rings. The van der Waals surface area contributed by atoms with Crippen LogP contribution in [0.2, 0.25) is 0 Å². The standard InChI is InChI=1S/C16H18BrFN7P/c1-9-11(13(19)25-15(22-9)20-8-21-25)6-10-2-3-12(17)14(23-10)24-5-4-16(18,26)7-24/h2-3,8H,4-7,19,26H2,1H3. The topological polar surface area (TPSA) is 85.2 Å². The van der Waals surface area contributed by atoms with Gasteiger partial charge in [0.1, 0.15) is 23.4 Å². The molecule has 7 nitrogen and oxygen atoms in total. The summed E-state index contributed by atoms with van der Waals surface area (Å²) >= 11 is 3.53. The fourth-order valence-electron chi connectivity index (χ4n) is 3.18. The lowest BCUT2D eigenvalue weighted by Gasteiger charge is -2.20. The summed E-state index contributed by atoms with van der Waals surface area (Å²) in [5.74, 6) is 1.73. The summed E-state index contributed by atoms with van der Waals surface area (Å²) in [5.41, 5.74) is 8.74. The second kappa shape index (κ2) is 6.39. The van der Waals surface area contributed by atoms with Crippen LogP contribution in [0.5, 0.6) is 0 Å². The van der Waals surface area contributed by atoms with Gasteiger partial charge in [-0.3, -0.25) is 0 Å². The van der Waals surface area contributed by atoms with E-state index in [1.807, 2.05) is 24.0 Å². The van der Waals surface area contributed by atoms with Gasteiger partial charge in [0, 0.05) is 36.3 Å². The van der Waals surface area contributed by atoms with Gasteiger partial charge in [0.2, 0.25) is 0 Å². The van der Waals surface area contributed by atoms with Crippen molar-refractivity contribution in [3.8, 4) is 0 Å². The van der Waals surface area contributed by atoms with Crippen LogP contribution in [0, 0.1) is 6.92 Å². The predicted octanol–water partition coefficient (Wildman–Crippen LogP) is 2.51. The second-order valence-corrected chi connectivity index (χ2v) is 8.41. The molecule has 1 aliphatic heterocycles. The van der Waals surface area contributed by atoms with Crippen LogP contribution in [-0.2, 0) is 6.42 Å². The van der Waals surface area contributed by atoms with E-state index in [4.69, 9.17) is 10.7 Å². The maximum Gasteiger partial charge on any atom is 0.254 e. The number of nitrogens with zero attached hydrogens (tertiary/aromatic N) is 6. The number of halogens is 2. The van der Waals surface area contributed by atoms with E-state index < -0.39 is 5.41 Å². The molecule has 10 heteroatoms. The minimum Gasteiger partial charge on any atom is -0.383 e. The lowest BCUT2D eigenvalue weighted by atomic mass is 10.1. The molecule has 0 radical (unpaired) electrons. The number of aryl methyl sites for hydroxylation is 1. The molecule has 4 rings (SSSR count). The molecule has 0 amide bonds. The fraction of sp³-hybridized carbons (Fsp3) is 0.375. The quantitative estimate of drug-likeness (QED) is 0.633. The van der Waals surface area contributed by atoms with Gasteiger partial charge in [0.05, 0.1) is 11.0 Å². The summed E-state index contributed by atoms with van der Waals surface area (Å²) in [4.78, 5) is 15.2.